The lowest BCUT2D eigenvalue weighted by atomic mass is 10.1. The van der Waals surface area contributed by atoms with Crippen molar-refractivity contribution in [3.05, 3.63) is 73.6 Å². The zero-order valence-corrected chi connectivity index (χ0v) is 18.7. The van der Waals surface area contributed by atoms with Crippen molar-refractivity contribution in [3.63, 3.8) is 0 Å². The molecule has 0 aliphatic heterocycles. The number of nitrogens with zero attached hydrogens (tertiary/aromatic N) is 2. The van der Waals surface area contributed by atoms with Gasteiger partial charge in [0.1, 0.15) is 5.52 Å². The second-order valence-corrected chi connectivity index (χ2v) is 8.55. The van der Waals surface area contributed by atoms with Gasteiger partial charge in [-0.15, -0.1) is 0 Å². The average molecular weight is 488 g/mol. The van der Waals surface area contributed by atoms with E-state index in [1.807, 2.05) is 37.3 Å². The second-order valence-electron chi connectivity index (χ2n) is 7.20. The molecule has 2 N–H and O–H groups in total. The van der Waals surface area contributed by atoms with Crippen LogP contribution in [-0.4, -0.2) is 20.7 Å². The summed E-state index contributed by atoms with van der Waals surface area (Å²) in [5, 5.41) is 12.3. The summed E-state index contributed by atoms with van der Waals surface area (Å²) in [4.78, 5) is 25.3. The standard InChI is InChI=1S/C22H20BrClN4O2/c1-13-20-21(27-26-13)17-11-15(23)6-9-18(17)28(22(20)30)10-2-3-19(29)25-12-14-4-7-16(24)8-5-14/h4-9,11H,2-3,10,12H2,1H3,(H,25,29)(H,26,27). The Morgan fingerprint density at radius 3 is 2.77 bits per heavy atom. The van der Waals surface area contributed by atoms with Crippen LogP contribution in [0, 0.1) is 6.92 Å². The first-order chi connectivity index (χ1) is 14.4. The Labute approximate surface area is 186 Å². The molecule has 2 aromatic carbocycles. The van der Waals surface area contributed by atoms with Gasteiger partial charge in [-0.2, -0.15) is 5.10 Å². The first kappa shape index (κ1) is 20.6. The maximum absolute atomic E-state index is 13.1. The Morgan fingerprint density at radius 1 is 1.23 bits per heavy atom. The molecule has 0 radical (unpaired) electrons. The number of amides is 1. The fraction of sp³-hybridized carbons (Fsp3) is 0.227. The van der Waals surface area contributed by atoms with E-state index >= 15 is 0 Å². The molecule has 0 atom stereocenters. The molecule has 154 valence electrons. The molecule has 0 saturated heterocycles. The highest BCUT2D eigenvalue weighted by molar-refractivity contribution is 9.10. The fourth-order valence-corrected chi connectivity index (χ4v) is 4.06. The number of aryl methyl sites for hydroxylation is 2. The van der Waals surface area contributed by atoms with Crippen molar-refractivity contribution in [3.8, 4) is 0 Å². The largest absolute Gasteiger partial charge is 0.352 e. The third kappa shape index (κ3) is 4.13. The van der Waals surface area contributed by atoms with Crippen LogP contribution in [-0.2, 0) is 17.9 Å². The Balaban J connectivity index is 1.50. The number of H-pyrrole nitrogens is 1. The molecule has 0 spiro atoms. The molecule has 0 saturated carbocycles. The van der Waals surface area contributed by atoms with E-state index < -0.39 is 0 Å². The molecule has 1 amide bonds. The van der Waals surface area contributed by atoms with Crippen molar-refractivity contribution in [2.75, 3.05) is 0 Å². The number of carbonyl (C=O) groups excluding carboxylic acids is 1. The maximum atomic E-state index is 13.1. The molecule has 30 heavy (non-hydrogen) atoms. The van der Waals surface area contributed by atoms with Crippen molar-refractivity contribution < 1.29 is 4.79 Å². The molecule has 0 aliphatic carbocycles. The van der Waals surface area contributed by atoms with Crippen LogP contribution in [0.25, 0.3) is 21.8 Å². The van der Waals surface area contributed by atoms with Gasteiger partial charge in [0.15, 0.2) is 0 Å². The zero-order valence-electron chi connectivity index (χ0n) is 16.3. The van der Waals surface area contributed by atoms with Crippen molar-refractivity contribution in [2.24, 2.45) is 0 Å². The number of hydrogen-bond donors (Lipinski definition) is 2. The van der Waals surface area contributed by atoms with Gasteiger partial charge in [0.05, 0.1) is 10.9 Å². The van der Waals surface area contributed by atoms with Crippen LogP contribution in [0.15, 0.2) is 51.7 Å². The third-order valence-electron chi connectivity index (χ3n) is 5.10. The number of carbonyl (C=O) groups is 1. The van der Waals surface area contributed by atoms with Crippen molar-refractivity contribution in [1.29, 1.82) is 0 Å². The summed E-state index contributed by atoms with van der Waals surface area (Å²) in [5.41, 5.74) is 3.12. The minimum Gasteiger partial charge on any atom is -0.352 e. The number of aromatic amines is 1. The number of nitrogens with one attached hydrogen (secondary N) is 2. The molecule has 4 rings (SSSR count). The minimum atomic E-state index is -0.0901. The van der Waals surface area contributed by atoms with Crippen LogP contribution < -0.4 is 10.9 Å². The SMILES string of the molecule is Cc1[nH]nc2c1c(=O)n(CCCC(=O)NCc1ccc(Cl)cc1)c1ccc(Br)cc21. The summed E-state index contributed by atoms with van der Waals surface area (Å²) in [6.45, 7) is 2.74. The van der Waals surface area contributed by atoms with E-state index in [1.54, 1.807) is 16.7 Å². The smallest absolute Gasteiger partial charge is 0.262 e. The lowest BCUT2D eigenvalue weighted by molar-refractivity contribution is -0.121. The molecule has 0 fully saturated rings. The Morgan fingerprint density at radius 2 is 2.00 bits per heavy atom. The molecule has 0 unspecified atom stereocenters. The molecule has 2 aromatic heterocycles. The van der Waals surface area contributed by atoms with E-state index in [-0.39, 0.29) is 11.5 Å². The number of pyridine rings is 1. The predicted molar refractivity (Wildman–Crippen MR) is 123 cm³/mol. The van der Waals surface area contributed by atoms with Gasteiger partial charge in [-0.25, -0.2) is 0 Å². The summed E-state index contributed by atoms with van der Waals surface area (Å²) in [5.74, 6) is -0.0504. The molecule has 8 heteroatoms. The molecule has 2 heterocycles. The molecule has 0 aliphatic rings. The number of fused-ring (bicyclic) bond motifs is 3. The molecular weight excluding hydrogens is 468 g/mol. The van der Waals surface area contributed by atoms with Gasteiger partial charge in [0.25, 0.3) is 5.56 Å². The van der Waals surface area contributed by atoms with Crippen LogP contribution in [0.4, 0.5) is 0 Å². The average Bonchev–Trinajstić information content (AvgIpc) is 3.12. The highest BCUT2D eigenvalue weighted by Gasteiger charge is 2.15. The summed E-state index contributed by atoms with van der Waals surface area (Å²) in [7, 11) is 0. The van der Waals surface area contributed by atoms with Gasteiger partial charge in [-0.1, -0.05) is 39.7 Å². The Hall–Kier alpha value is -2.64. The summed E-state index contributed by atoms with van der Waals surface area (Å²) in [6.07, 6.45) is 0.889. The highest BCUT2D eigenvalue weighted by atomic mass is 79.9. The van der Waals surface area contributed by atoms with E-state index in [9.17, 15) is 9.59 Å². The monoisotopic (exact) mass is 486 g/mol. The van der Waals surface area contributed by atoms with Gasteiger partial charge in [-0.3, -0.25) is 14.7 Å². The Bertz CT molecular complexity index is 1290. The van der Waals surface area contributed by atoms with Crippen LogP contribution in [0.2, 0.25) is 5.02 Å². The van der Waals surface area contributed by atoms with Gasteiger partial charge < -0.3 is 9.88 Å². The van der Waals surface area contributed by atoms with Gasteiger partial charge >= 0.3 is 0 Å². The number of hydrogen-bond acceptors (Lipinski definition) is 3. The number of benzene rings is 2. The van der Waals surface area contributed by atoms with E-state index in [4.69, 9.17) is 11.6 Å². The number of aromatic nitrogens is 3. The van der Waals surface area contributed by atoms with Crippen LogP contribution in [0.1, 0.15) is 24.1 Å². The van der Waals surface area contributed by atoms with E-state index in [1.165, 1.54) is 0 Å². The van der Waals surface area contributed by atoms with Gasteiger partial charge in [0.2, 0.25) is 5.91 Å². The maximum Gasteiger partial charge on any atom is 0.262 e. The van der Waals surface area contributed by atoms with Crippen LogP contribution >= 0.6 is 27.5 Å². The van der Waals surface area contributed by atoms with E-state index in [0.717, 1.165) is 26.6 Å². The predicted octanol–water partition coefficient (Wildman–Crippen LogP) is 4.70. The topological polar surface area (TPSA) is 79.8 Å². The van der Waals surface area contributed by atoms with Crippen molar-refractivity contribution >= 4 is 55.2 Å². The summed E-state index contributed by atoms with van der Waals surface area (Å²) < 4.78 is 2.66. The van der Waals surface area contributed by atoms with E-state index in [2.05, 4.69) is 31.4 Å². The molecule has 0 bridgehead atoms. The summed E-state index contributed by atoms with van der Waals surface area (Å²) in [6, 6.07) is 13.1. The first-order valence-corrected chi connectivity index (χ1v) is 10.8. The lowest BCUT2D eigenvalue weighted by Crippen LogP contribution is -2.25. The number of halogens is 2. The summed E-state index contributed by atoms with van der Waals surface area (Å²) >= 11 is 9.37. The highest BCUT2D eigenvalue weighted by Crippen LogP contribution is 2.26. The number of rotatable bonds is 6. The van der Waals surface area contributed by atoms with Crippen molar-refractivity contribution in [1.82, 2.24) is 20.1 Å². The second kappa shape index (κ2) is 8.62. The molecule has 4 aromatic rings. The Kier molecular flexibility index (Phi) is 5.92. The quantitative estimate of drug-likeness (QED) is 0.414. The molecular formula is C22H20BrClN4O2. The third-order valence-corrected chi connectivity index (χ3v) is 5.84. The molecule has 6 nitrogen and oxygen atoms in total. The van der Waals surface area contributed by atoms with Crippen molar-refractivity contribution in [2.45, 2.75) is 32.9 Å². The van der Waals surface area contributed by atoms with E-state index in [0.29, 0.717) is 41.9 Å². The fourth-order valence-electron chi connectivity index (χ4n) is 3.57. The van der Waals surface area contributed by atoms with Gasteiger partial charge in [0, 0.05) is 40.1 Å². The minimum absolute atomic E-state index is 0.0504. The first-order valence-electron chi connectivity index (χ1n) is 9.62. The van der Waals surface area contributed by atoms with Crippen LogP contribution in [0.5, 0.6) is 0 Å². The lowest BCUT2D eigenvalue weighted by Gasteiger charge is -2.12. The normalized spacial score (nSPS) is 11.3. The van der Waals surface area contributed by atoms with Gasteiger partial charge in [-0.05, 0) is 49.2 Å². The zero-order chi connectivity index (χ0) is 21.3. The van der Waals surface area contributed by atoms with Crippen LogP contribution in [0.3, 0.4) is 0 Å².